The van der Waals surface area contributed by atoms with Crippen LogP contribution in [-0.4, -0.2) is 35.0 Å². The summed E-state index contributed by atoms with van der Waals surface area (Å²) < 4.78 is 0. The van der Waals surface area contributed by atoms with E-state index in [1.54, 1.807) is 0 Å². The maximum absolute atomic E-state index is 10.1. The van der Waals surface area contributed by atoms with Gasteiger partial charge in [-0.3, -0.25) is 0 Å². The second kappa shape index (κ2) is 6.72. The third-order valence-electron chi connectivity index (χ3n) is 3.86. The molecule has 0 bridgehead atoms. The number of aliphatic hydroxyl groups excluding tert-OH is 2. The summed E-state index contributed by atoms with van der Waals surface area (Å²) in [7, 11) is 0. The first-order chi connectivity index (χ1) is 7.95. The Hall–Kier alpha value is -0.120. The molecule has 0 aromatic heterocycles. The maximum Gasteiger partial charge on any atom is 0.0693 e. The first-order valence-electron chi connectivity index (χ1n) is 7.00. The molecular formula is C14H29NO2. The molecule has 17 heavy (non-hydrogen) atoms. The maximum atomic E-state index is 10.1. The van der Waals surface area contributed by atoms with Gasteiger partial charge in [-0.2, -0.15) is 0 Å². The van der Waals surface area contributed by atoms with Crippen LogP contribution < -0.4 is 5.32 Å². The third-order valence-corrected chi connectivity index (χ3v) is 3.86. The minimum absolute atomic E-state index is 0.120. The molecular weight excluding hydrogens is 214 g/mol. The standard InChI is InChI=1S/C14H29NO2/c1-14(2,3)13(9-10-16)15-11-7-5-4-6-8-12(11)17/h11-13,15-17H,4-10H2,1-3H3. The average molecular weight is 243 g/mol. The molecule has 1 rings (SSSR count). The topological polar surface area (TPSA) is 52.5 Å². The van der Waals surface area contributed by atoms with E-state index in [1.807, 2.05) is 0 Å². The predicted octanol–water partition coefficient (Wildman–Crippen LogP) is 2.07. The molecule has 1 aliphatic carbocycles. The van der Waals surface area contributed by atoms with Gasteiger partial charge >= 0.3 is 0 Å². The van der Waals surface area contributed by atoms with Crippen LogP contribution in [0.3, 0.4) is 0 Å². The van der Waals surface area contributed by atoms with Crippen molar-refractivity contribution in [2.24, 2.45) is 5.41 Å². The van der Waals surface area contributed by atoms with E-state index < -0.39 is 0 Å². The number of hydrogen-bond donors (Lipinski definition) is 3. The summed E-state index contributed by atoms with van der Waals surface area (Å²) in [4.78, 5) is 0. The Morgan fingerprint density at radius 2 is 1.82 bits per heavy atom. The highest BCUT2D eigenvalue weighted by molar-refractivity contribution is 4.87. The molecule has 0 amide bonds. The number of aliphatic hydroxyl groups is 2. The largest absolute Gasteiger partial charge is 0.396 e. The molecule has 3 atom stereocenters. The van der Waals surface area contributed by atoms with Crippen LogP contribution in [0.4, 0.5) is 0 Å². The van der Waals surface area contributed by atoms with E-state index in [0.29, 0.717) is 0 Å². The molecule has 3 N–H and O–H groups in total. The molecule has 0 aromatic carbocycles. The van der Waals surface area contributed by atoms with Crippen LogP contribution in [-0.2, 0) is 0 Å². The molecule has 3 unspecified atom stereocenters. The van der Waals surface area contributed by atoms with E-state index in [-0.39, 0.29) is 30.2 Å². The second-order valence-electron chi connectivity index (χ2n) is 6.41. The van der Waals surface area contributed by atoms with Crippen LogP contribution in [0.2, 0.25) is 0 Å². The summed E-state index contributed by atoms with van der Waals surface area (Å²) >= 11 is 0. The summed E-state index contributed by atoms with van der Waals surface area (Å²) in [6, 6.07) is 0.471. The molecule has 0 heterocycles. The molecule has 0 aliphatic heterocycles. The van der Waals surface area contributed by atoms with E-state index in [1.165, 1.54) is 12.8 Å². The first kappa shape index (κ1) is 14.9. The van der Waals surface area contributed by atoms with Gasteiger partial charge in [0.15, 0.2) is 0 Å². The van der Waals surface area contributed by atoms with Gasteiger partial charge in [-0.25, -0.2) is 0 Å². The minimum Gasteiger partial charge on any atom is -0.396 e. The van der Waals surface area contributed by atoms with Crippen molar-refractivity contribution in [1.82, 2.24) is 5.32 Å². The fraction of sp³-hybridized carbons (Fsp3) is 1.00. The van der Waals surface area contributed by atoms with Crippen LogP contribution in [0.5, 0.6) is 0 Å². The molecule has 0 spiro atoms. The van der Waals surface area contributed by atoms with Crippen molar-refractivity contribution in [3.05, 3.63) is 0 Å². The van der Waals surface area contributed by atoms with Crippen LogP contribution in [0.25, 0.3) is 0 Å². The molecule has 0 aromatic rings. The van der Waals surface area contributed by atoms with Gasteiger partial charge in [-0.1, -0.05) is 40.0 Å². The molecule has 102 valence electrons. The molecule has 3 heteroatoms. The summed E-state index contributed by atoms with van der Waals surface area (Å²) in [5.41, 5.74) is 0.120. The van der Waals surface area contributed by atoms with Crippen LogP contribution in [0.15, 0.2) is 0 Å². The Morgan fingerprint density at radius 1 is 1.18 bits per heavy atom. The summed E-state index contributed by atoms with van der Waals surface area (Å²) in [5.74, 6) is 0. The number of hydrogen-bond acceptors (Lipinski definition) is 3. The lowest BCUT2D eigenvalue weighted by molar-refractivity contribution is 0.0925. The van der Waals surface area contributed by atoms with Crippen LogP contribution in [0, 0.1) is 5.41 Å². The SMILES string of the molecule is CC(C)(C)C(CCO)NC1CCCCCC1O. The fourth-order valence-corrected chi connectivity index (χ4v) is 2.64. The Morgan fingerprint density at radius 3 is 2.41 bits per heavy atom. The van der Waals surface area contributed by atoms with Crippen LogP contribution in [0.1, 0.15) is 59.3 Å². The van der Waals surface area contributed by atoms with Crippen molar-refractivity contribution in [2.75, 3.05) is 6.61 Å². The lowest BCUT2D eigenvalue weighted by atomic mass is 9.84. The Labute approximate surface area is 106 Å². The van der Waals surface area contributed by atoms with Gasteiger partial charge < -0.3 is 15.5 Å². The Bertz CT molecular complexity index is 213. The smallest absolute Gasteiger partial charge is 0.0693 e. The normalized spacial score (nSPS) is 28.8. The Balaban J connectivity index is 2.58. The lowest BCUT2D eigenvalue weighted by Crippen LogP contribution is -2.50. The summed E-state index contributed by atoms with van der Waals surface area (Å²) in [6.45, 7) is 6.76. The van der Waals surface area contributed by atoms with Crippen molar-refractivity contribution in [3.63, 3.8) is 0 Å². The molecule has 1 fully saturated rings. The summed E-state index contributed by atoms with van der Waals surface area (Å²) in [5, 5.41) is 22.8. The molecule has 0 radical (unpaired) electrons. The van der Waals surface area contributed by atoms with E-state index in [4.69, 9.17) is 5.11 Å². The zero-order valence-corrected chi connectivity index (χ0v) is 11.6. The zero-order valence-electron chi connectivity index (χ0n) is 11.6. The summed E-state index contributed by atoms with van der Waals surface area (Å²) in [6.07, 6.45) is 6.07. The minimum atomic E-state index is -0.221. The van der Waals surface area contributed by atoms with Gasteiger partial charge in [0.05, 0.1) is 6.10 Å². The molecule has 0 saturated heterocycles. The van der Waals surface area contributed by atoms with Gasteiger partial charge in [0, 0.05) is 18.7 Å². The van der Waals surface area contributed by atoms with E-state index in [0.717, 1.165) is 25.7 Å². The van der Waals surface area contributed by atoms with Crippen molar-refractivity contribution >= 4 is 0 Å². The van der Waals surface area contributed by atoms with Gasteiger partial charge in [0.1, 0.15) is 0 Å². The van der Waals surface area contributed by atoms with Crippen LogP contribution >= 0.6 is 0 Å². The lowest BCUT2D eigenvalue weighted by Gasteiger charge is -2.36. The quantitative estimate of drug-likeness (QED) is 0.663. The van der Waals surface area contributed by atoms with Crippen molar-refractivity contribution in [1.29, 1.82) is 0 Å². The number of nitrogens with one attached hydrogen (secondary N) is 1. The average Bonchev–Trinajstić information content (AvgIpc) is 2.42. The first-order valence-corrected chi connectivity index (χ1v) is 7.00. The molecule has 3 nitrogen and oxygen atoms in total. The number of rotatable bonds is 4. The molecule has 1 aliphatic rings. The van der Waals surface area contributed by atoms with Gasteiger partial charge in [-0.05, 0) is 24.7 Å². The van der Waals surface area contributed by atoms with Crippen molar-refractivity contribution < 1.29 is 10.2 Å². The van der Waals surface area contributed by atoms with Crippen molar-refractivity contribution in [3.8, 4) is 0 Å². The van der Waals surface area contributed by atoms with Gasteiger partial charge in [0.25, 0.3) is 0 Å². The van der Waals surface area contributed by atoms with E-state index in [9.17, 15) is 5.11 Å². The molecule has 1 saturated carbocycles. The Kier molecular flexibility index (Phi) is 5.90. The second-order valence-corrected chi connectivity index (χ2v) is 6.41. The van der Waals surface area contributed by atoms with Gasteiger partial charge in [-0.15, -0.1) is 0 Å². The fourth-order valence-electron chi connectivity index (χ4n) is 2.64. The van der Waals surface area contributed by atoms with Crippen molar-refractivity contribution in [2.45, 2.75) is 77.5 Å². The monoisotopic (exact) mass is 243 g/mol. The highest BCUT2D eigenvalue weighted by Crippen LogP contribution is 2.25. The predicted molar refractivity (Wildman–Crippen MR) is 71.0 cm³/mol. The van der Waals surface area contributed by atoms with Gasteiger partial charge in [0.2, 0.25) is 0 Å². The zero-order chi connectivity index (χ0) is 12.9. The third kappa shape index (κ3) is 4.94. The highest BCUT2D eigenvalue weighted by atomic mass is 16.3. The van der Waals surface area contributed by atoms with E-state index in [2.05, 4.69) is 26.1 Å². The highest BCUT2D eigenvalue weighted by Gasteiger charge is 2.29. The van der Waals surface area contributed by atoms with E-state index >= 15 is 0 Å².